The van der Waals surface area contributed by atoms with Crippen molar-refractivity contribution in [2.75, 3.05) is 18.0 Å². The van der Waals surface area contributed by atoms with E-state index in [2.05, 4.69) is 39.1 Å². The maximum absolute atomic E-state index is 6.07. The van der Waals surface area contributed by atoms with Gasteiger partial charge in [-0.1, -0.05) is 29.8 Å². The number of rotatable bonds is 3. The summed E-state index contributed by atoms with van der Waals surface area (Å²) in [5, 5.41) is 1.69. The van der Waals surface area contributed by atoms with E-state index < -0.39 is 0 Å². The van der Waals surface area contributed by atoms with Gasteiger partial charge in [-0.25, -0.2) is 9.97 Å². The molecule has 0 spiro atoms. The highest BCUT2D eigenvalue weighted by Gasteiger charge is 2.28. The van der Waals surface area contributed by atoms with Crippen molar-refractivity contribution in [3.05, 3.63) is 59.6 Å². The molecule has 2 aromatic heterocycles. The lowest BCUT2D eigenvalue weighted by atomic mass is 9.94. The predicted molar refractivity (Wildman–Crippen MR) is 88.2 cm³/mol. The van der Waals surface area contributed by atoms with Gasteiger partial charge in [-0.2, -0.15) is 0 Å². The van der Waals surface area contributed by atoms with Crippen LogP contribution in [0.2, 0.25) is 5.15 Å². The number of aromatic nitrogens is 3. The van der Waals surface area contributed by atoms with Gasteiger partial charge >= 0.3 is 0 Å². The molecular weight excluding hydrogens is 296 g/mol. The maximum atomic E-state index is 6.07. The molecule has 4 nitrogen and oxygen atoms in total. The minimum absolute atomic E-state index is 0.518. The Hall–Kier alpha value is -2.20. The second-order valence-corrected chi connectivity index (χ2v) is 5.99. The zero-order valence-corrected chi connectivity index (χ0v) is 12.7. The molecule has 110 valence electrons. The summed E-state index contributed by atoms with van der Waals surface area (Å²) >= 11 is 6.07. The fourth-order valence-electron chi connectivity index (χ4n) is 2.88. The molecule has 0 amide bonds. The first-order valence-electron chi connectivity index (χ1n) is 7.36. The summed E-state index contributed by atoms with van der Waals surface area (Å²) in [6, 6.07) is 12.4. The fourth-order valence-corrected chi connectivity index (χ4v) is 3.06. The lowest BCUT2D eigenvalue weighted by Crippen LogP contribution is -2.48. The molecular formula is C17H15ClN4. The Labute approximate surface area is 133 Å². The van der Waals surface area contributed by atoms with E-state index in [1.54, 1.807) is 12.4 Å². The van der Waals surface area contributed by atoms with Gasteiger partial charge in [0.15, 0.2) is 0 Å². The summed E-state index contributed by atoms with van der Waals surface area (Å²) in [5.41, 5.74) is 1.93. The highest BCUT2D eigenvalue weighted by atomic mass is 35.5. The lowest BCUT2D eigenvalue weighted by molar-refractivity contribution is 0.402. The van der Waals surface area contributed by atoms with Gasteiger partial charge in [0.1, 0.15) is 11.0 Å². The number of hydrogen-bond acceptors (Lipinski definition) is 4. The molecule has 1 aliphatic rings. The van der Waals surface area contributed by atoms with Crippen LogP contribution in [-0.4, -0.2) is 28.0 Å². The third kappa shape index (κ3) is 2.50. The summed E-state index contributed by atoms with van der Waals surface area (Å²) in [6.45, 7) is 1.97. The molecule has 0 atom stereocenters. The second kappa shape index (κ2) is 5.54. The largest absolute Gasteiger partial charge is 0.356 e. The molecule has 1 aromatic carbocycles. The zero-order chi connectivity index (χ0) is 14.9. The highest BCUT2D eigenvalue weighted by Crippen LogP contribution is 2.27. The molecule has 0 saturated carbocycles. The number of hydrogen-bond donors (Lipinski definition) is 0. The minimum Gasteiger partial charge on any atom is -0.356 e. The molecule has 0 N–H and O–H groups in total. The van der Waals surface area contributed by atoms with Crippen molar-refractivity contribution >= 4 is 28.3 Å². The van der Waals surface area contributed by atoms with Gasteiger partial charge < -0.3 is 4.90 Å². The van der Waals surface area contributed by atoms with Crippen molar-refractivity contribution in [3.8, 4) is 0 Å². The number of nitrogens with zero attached hydrogens (tertiary/aromatic N) is 4. The van der Waals surface area contributed by atoms with E-state index in [0.29, 0.717) is 11.1 Å². The van der Waals surface area contributed by atoms with Crippen molar-refractivity contribution in [1.29, 1.82) is 0 Å². The van der Waals surface area contributed by atoms with Crippen molar-refractivity contribution in [2.45, 2.75) is 6.42 Å². The molecule has 4 rings (SSSR count). The van der Waals surface area contributed by atoms with Gasteiger partial charge in [-0.15, -0.1) is 0 Å². The average molecular weight is 311 g/mol. The number of benzene rings is 1. The summed E-state index contributed by atoms with van der Waals surface area (Å²) in [6.07, 6.45) is 4.19. The van der Waals surface area contributed by atoms with Crippen LogP contribution in [0.1, 0.15) is 5.69 Å². The molecule has 0 bridgehead atoms. The molecule has 0 aliphatic carbocycles. The van der Waals surface area contributed by atoms with Crippen molar-refractivity contribution in [3.63, 3.8) is 0 Å². The van der Waals surface area contributed by atoms with Crippen LogP contribution in [0.3, 0.4) is 0 Å². The molecule has 1 aliphatic heterocycles. The quantitative estimate of drug-likeness (QED) is 0.744. The van der Waals surface area contributed by atoms with Gasteiger partial charge in [-0.05, 0) is 30.5 Å². The van der Waals surface area contributed by atoms with Crippen LogP contribution in [0.5, 0.6) is 0 Å². The van der Waals surface area contributed by atoms with E-state index in [1.165, 1.54) is 5.39 Å². The monoisotopic (exact) mass is 310 g/mol. The second-order valence-electron chi connectivity index (χ2n) is 5.63. The standard InChI is InChI=1S/C17H15ClN4/c18-17-15(19-7-8-20-17)9-12-10-22(11-12)16-6-5-13-3-1-2-4-14(13)21-16/h1-8,12H,9-11H2. The zero-order valence-electron chi connectivity index (χ0n) is 12.0. The summed E-state index contributed by atoms with van der Waals surface area (Å²) in [4.78, 5) is 15.4. The van der Waals surface area contributed by atoms with Crippen molar-refractivity contribution in [2.24, 2.45) is 5.92 Å². The predicted octanol–water partition coefficient (Wildman–Crippen LogP) is 3.36. The van der Waals surface area contributed by atoms with Crippen molar-refractivity contribution < 1.29 is 0 Å². The van der Waals surface area contributed by atoms with Crippen LogP contribution in [0.25, 0.3) is 10.9 Å². The normalized spacial score (nSPS) is 15.0. The molecule has 3 heterocycles. The molecule has 22 heavy (non-hydrogen) atoms. The first-order valence-corrected chi connectivity index (χ1v) is 7.73. The van der Waals surface area contributed by atoms with Gasteiger partial charge in [0.05, 0.1) is 11.2 Å². The van der Waals surface area contributed by atoms with E-state index in [1.807, 2.05) is 12.1 Å². The van der Waals surface area contributed by atoms with Crippen molar-refractivity contribution in [1.82, 2.24) is 15.0 Å². The number of para-hydroxylation sites is 1. The van der Waals surface area contributed by atoms with E-state index in [-0.39, 0.29) is 0 Å². The third-order valence-corrected chi connectivity index (χ3v) is 4.39. The smallest absolute Gasteiger partial charge is 0.150 e. The molecule has 1 saturated heterocycles. The minimum atomic E-state index is 0.518. The molecule has 0 radical (unpaired) electrons. The average Bonchev–Trinajstić information content (AvgIpc) is 2.51. The van der Waals surface area contributed by atoms with Crippen LogP contribution < -0.4 is 4.90 Å². The Morgan fingerprint density at radius 1 is 1.05 bits per heavy atom. The van der Waals surface area contributed by atoms with Crippen LogP contribution in [0.4, 0.5) is 5.82 Å². The number of anilines is 1. The Balaban J connectivity index is 1.45. The Kier molecular flexibility index (Phi) is 3.39. The van der Waals surface area contributed by atoms with E-state index >= 15 is 0 Å². The van der Waals surface area contributed by atoms with E-state index in [4.69, 9.17) is 16.6 Å². The number of pyridine rings is 1. The Morgan fingerprint density at radius 2 is 1.86 bits per heavy atom. The number of fused-ring (bicyclic) bond motifs is 1. The SMILES string of the molecule is Clc1nccnc1CC1CN(c2ccc3ccccc3n2)C1. The third-order valence-electron chi connectivity index (χ3n) is 4.07. The van der Waals surface area contributed by atoms with Gasteiger partial charge in [0, 0.05) is 30.9 Å². The van der Waals surface area contributed by atoms with Crippen LogP contribution in [-0.2, 0) is 6.42 Å². The molecule has 5 heteroatoms. The fraction of sp³-hybridized carbons (Fsp3) is 0.235. The summed E-state index contributed by atoms with van der Waals surface area (Å²) < 4.78 is 0. The van der Waals surface area contributed by atoms with Gasteiger partial charge in [-0.3, -0.25) is 4.98 Å². The maximum Gasteiger partial charge on any atom is 0.150 e. The summed E-state index contributed by atoms with van der Waals surface area (Å²) in [7, 11) is 0. The topological polar surface area (TPSA) is 41.9 Å². The Bertz CT molecular complexity index is 814. The molecule has 1 fully saturated rings. The lowest BCUT2D eigenvalue weighted by Gasteiger charge is -2.40. The van der Waals surface area contributed by atoms with Crippen LogP contribution >= 0.6 is 11.6 Å². The Morgan fingerprint density at radius 3 is 2.73 bits per heavy atom. The van der Waals surface area contributed by atoms with E-state index in [0.717, 1.165) is 36.5 Å². The highest BCUT2D eigenvalue weighted by molar-refractivity contribution is 6.29. The van der Waals surface area contributed by atoms with Gasteiger partial charge in [0.2, 0.25) is 0 Å². The van der Waals surface area contributed by atoms with Crippen LogP contribution in [0.15, 0.2) is 48.8 Å². The van der Waals surface area contributed by atoms with E-state index in [9.17, 15) is 0 Å². The number of halogens is 1. The van der Waals surface area contributed by atoms with Crippen LogP contribution in [0, 0.1) is 5.92 Å². The first kappa shape index (κ1) is 13.5. The molecule has 0 unspecified atom stereocenters. The van der Waals surface area contributed by atoms with Gasteiger partial charge in [0.25, 0.3) is 0 Å². The summed E-state index contributed by atoms with van der Waals surface area (Å²) in [5.74, 6) is 1.60. The first-order chi connectivity index (χ1) is 10.8. The molecule has 3 aromatic rings.